The van der Waals surface area contributed by atoms with Crippen molar-refractivity contribution in [2.75, 3.05) is 20.3 Å². The number of unbranched alkanes of at least 4 members (excludes halogenated alkanes) is 21. The molecule has 8 nitrogen and oxygen atoms in total. The second kappa shape index (κ2) is 35.4. The summed E-state index contributed by atoms with van der Waals surface area (Å²) in [7, 11) is -3.20. The van der Waals surface area contributed by atoms with Crippen LogP contribution in [0, 0.1) is 0 Å². The quantitative estimate of drug-likeness (QED) is 0.0298. The van der Waals surface area contributed by atoms with Gasteiger partial charge in [-0.2, -0.15) is 0 Å². The van der Waals surface area contributed by atoms with Crippen LogP contribution in [0.25, 0.3) is 0 Å². The van der Waals surface area contributed by atoms with Crippen LogP contribution < -0.4 is 0 Å². The van der Waals surface area contributed by atoms with Crippen molar-refractivity contribution in [3.8, 4) is 0 Å². The summed E-state index contributed by atoms with van der Waals surface area (Å²) in [5.41, 5.74) is 0. The summed E-state index contributed by atoms with van der Waals surface area (Å²) in [4.78, 5) is 34.3. The zero-order valence-electron chi connectivity index (χ0n) is 31.1. The Bertz CT molecular complexity index is 844. The van der Waals surface area contributed by atoms with E-state index in [0.29, 0.717) is 6.42 Å². The first-order valence-corrected chi connectivity index (χ1v) is 21.0. The van der Waals surface area contributed by atoms with Crippen molar-refractivity contribution in [3.05, 3.63) is 24.3 Å². The number of hydrogen-bond donors (Lipinski definition) is 1. The summed E-state index contributed by atoms with van der Waals surface area (Å²) in [5.74, 6) is -0.821. The number of carbonyl (C=O) groups excluding carboxylic acids is 2. The Labute approximate surface area is 294 Å². The number of rotatable bonds is 36. The van der Waals surface area contributed by atoms with Gasteiger partial charge in [-0.25, -0.2) is 4.57 Å². The molecule has 1 N–H and O–H groups in total. The van der Waals surface area contributed by atoms with Gasteiger partial charge in [0.15, 0.2) is 6.10 Å². The first-order valence-electron chi connectivity index (χ1n) is 19.5. The van der Waals surface area contributed by atoms with E-state index in [1.165, 1.54) is 83.5 Å². The Kier molecular flexibility index (Phi) is 34.3. The van der Waals surface area contributed by atoms with Crippen LogP contribution in [-0.4, -0.2) is 43.3 Å². The molecule has 0 aromatic carbocycles. The molecule has 2 unspecified atom stereocenters. The molecule has 0 amide bonds. The molecular weight excluding hydrogens is 627 g/mol. The lowest BCUT2D eigenvalue weighted by molar-refractivity contribution is -0.161. The second-order valence-electron chi connectivity index (χ2n) is 13.1. The van der Waals surface area contributed by atoms with Crippen LogP contribution in [0.5, 0.6) is 0 Å². The Morgan fingerprint density at radius 3 is 1.38 bits per heavy atom. The van der Waals surface area contributed by atoms with Crippen molar-refractivity contribution in [3.63, 3.8) is 0 Å². The number of carbonyl (C=O) groups is 2. The lowest BCUT2D eigenvalue weighted by atomic mass is 10.1. The standard InChI is InChI=1S/C39H73O8P/c1-4-6-8-10-12-14-16-18-19-20-22-24-26-28-30-32-34-39(41)47-37(36-46-48(42,43)44-3)35-45-38(40)33-31-29-27-25-23-21-17-15-13-11-9-7-5-2/h15,17,19-20,37H,4-14,16,18,21-36H2,1-3H3,(H,42,43)/b17-15-,20-19-. The van der Waals surface area contributed by atoms with E-state index in [2.05, 4.69) is 42.7 Å². The Hall–Kier alpha value is -1.47. The molecule has 0 radical (unpaired) electrons. The topological polar surface area (TPSA) is 108 Å². The van der Waals surface area contributed by atoms with Crippen molar-refractivity contribution in [1.82, 2.24) is 0 Å². The van der Waals surface area contributed by atoms with Crippen molar-refractivity contribution in [2.24, 2.45) is 0 Å². The normalized spacial score (nSPS) is 13.7. The van der Waals surface area contributed by atoms with Gasteiger partial charge in [-0.15, -0.1) is 0 Å². The highest BCUT2D eigenvalue weighted by Crippen LogP contribution is 2.42. The van der Waals surface area contributed by atoms with Gasteiger partial charge in [0.2, 0.25) is 0 Å². The number of phosphoric acid groups is 1. The number of hydrogen-bond acceptors (Lipinski definition) is 7. The largest absolute Gasteiger partial charge is 0.472 e. The van der Waals surface area contributed by atoms with Crippen molar-refractivity contribution in [1.29, 1.82) is 0 Å². The minimum Gasteiger partial charge on any atom is -0.462 e. The maximum Gasteiger partial charge on any atom is 0.472 e. The number of esters is 2. The van der Waals surface area contributed by atoms with Crippen LogP contribution in [0.1, 0.15) is 187 Å². The van der Waals surface area contributed by atoms with Gasteiger partial charge in [-0.1, -0.05) is 134 Å². The van der Waals surface area contributed by atoms with Gasteiger partial charge < -0.3 is 14.4 Å². The van der Waals surface area contributed by atoms with Crippen LogP contribution >= 0.6 is 7.82 Å². The molecule has 2 atom stereocenters. The lowest BCUT2D eigenvalue weighted by Gasteiger charge is -2.19. The van der Waals surface area contributed by atoms with Gasteiger partial charge in [0.25, 0.3) is 0 Å². The van der Waals surface area contributed by atoms with Gasteiger partial charge in [0.1, 0.15) is 6.61 Å². The van der Waals surface area contributed by atoms with Gasteiger partial charge in [-0.05, 0) is 64.2 Å². The van der Waals surface area contributed by atoms with Gasteiger partial charge in [0.05, 0.1) is 6.61 Å². The molecule has 0 bridgehead atoms. The zero-order valence-corrected chi connectivity index (χ0v) is 32.0. The highest BCUT2D eigenvalue weighted by atomic mass is 31.2. The first kappa shape index (κ1) is 46.5. The average Bonchev–Trinajstić information content (AvgIpc) is 3.07. The molecule has 0 fully saturated rings. The molecular formula is C39H73O8P. The minimum absolute atomic E-state index is 0.231. The zero-order chi connectivity index (χ0) is 35.4. The van der Waals surface area contributed by atoms with Crippen LogP contribution in [-0.2, 0) is 32.7 Å². The molecule has 9 heteroatoms. The summed E-state index contributed by atoms with van der Waals surface area (Å²) in [6.07, 6.45) is 38.0. The first-order chi connectivity index (χ1) is 23.3. The maximum absolute atomic E-state index is 12.5. The third-order valence-corrected chi connectivity index (χ3v) is 9.35. The van der Waals surface area contributed by atoms with Crippen molar-refractivity contribution < 1.29 is 37.6 Å². The molecule has 0 saturated heterocycles. The molecule has 0 aliphatic rings. The van der Waals surface area contributed by atoms with E-state index in [1.54, 1.807) is 0 Å². The summed E-state index contributed by atoms with van der Waals surface area (Å²) in [6, 6.07) is 0. The monoisotopic (exact) mass is 701 g/mol. The van der Waals surface area contributed by atoms with E-state index in [1.807, 2.05) is 0 Å². The highest BCUT2D eigenvalue weighted by Gasteiger charge is 2.24. The minimum atomic E-state index is -4.26. The van der Waals surface area contributed by atoms with E-state index in [0.717, 1.165) is 77.7 Å². The molecule has 0 saturated carbocycles. The predicted molar refractivity (Wildman–Crippen MR) is 198 cm³/mol. The maximum atomic E-state index is 12.5. The summed E-state index contributed by atoms with van der Waals surface area (Å²) < 4.78 is 31.9. The molecule has 0 heterocycles. The predicted octanol–water partition coefficient (Wildman–Crippen LogP) is 11.9. The summed E-state index contributed by atoms with van der Waals surface area (Å²) in [5, 5.41) is 0. The third-order valence-electron chi connectivity index (χ3n) is 8.42. The fraction of sp³-hybridized carbons (Fsp3) is 0.846. The molecule has 0 aromatic rings. The van der Waals surface area contributed by atoms with Crippen LogP contribution in [0.3, 0.4) is 0 Å². The van der Waals surface area contributed by atoms with Gasteiger partial charge in [0, 0.05) is 20.0 Å². The highest BCUT2D eigenvalue weighted by molar-refractivity contribution is 7.47. The van der Waals surface area contributed by atoms with E-state index in [9.17, 15) is 19.0 Å². The van der Waals surface area contributed by atoms with Crippen LogP contribution in [0.4, 0.5) is 0 Å². The molecule has 0 spiro atoms. The SMILES string of the molecule is CCCCCC/C=C\CCCCCCCC(=O)OCC(COP(=O)(O)OC)OC(=O)CCCCCCC/C=C\CCCCCCCCC. The molecule has 0 aliphatic carbocycles. The van der Waals surface area contributed by atoms with E-state index in [4.69, 9.17) is 14.0 Å². The van der Waals surface area contributed by atoms with Crippen molar-refractivity contribution in [2.45, 2.75) is 193 Å². The van der Waals surface area contributed by atoms with Crippen molar-refractivity contribution >= 4 is 19.8 Å². The smallest absolute Gasteiger partial charge is 0.462 e. The molecule has 282 valence electrons. The molecule has 48 heavy (non-hydrogen) atoms. The Morgan fingerprint density at radius 2 is 0.938 bits per heavy atom. The fourth-order valence-corrected chi connectivity index (χ4v) is 5.81. The summed E-state index contributed by atoms with van der Waals surface area (Å²) >= 11 is 0. The second-order valence-corrected chi connectivity index (χ2v) is 14.6. The molecule has 0 rings (SSSR count). The molecule has 0 aromatic heterocycles. The van der Waals surface area contributed by atoms with E-state index >= 15 is 0 Å². The third kappa shape index (κ3) is 34.4. The van der Waals surface area contributed by atoms with Crippen LogP contribution in [0.15, 0.2) is 24.3 Å². The van der Waals surface area contributed by atoms with Crippen LogP contribution in [0.2, 0.25) is 0 Å². The fourth-order valence-electron chi connectivity index (χ4n) is 5.35. The average molecular weight is 701 g/mol. The van der Waals surface area contributed by atoms with E-state index < -0.39 is 26.5 Å². The Morgan fingerprint density at radius 1 is 0.562 bits per heavy atom. The lowest BCUT2D eigenvalue weighted by Crippen LogP contribution is -2.29. The van der Waals surface area contributed by atoms with Gasteiger partial charge in [-0.3, -0.25) is 18.6 Å². The number of ether oxygens (including phenoxy) is 2. The number of allylic oxidation sites excluding steroid dienone is 4. The van der Waals surface area contributed by atoms with Gasteiger partial charge >= 0.3 is 19.8 Å². The van der Waals surface area contributed by atoms with E-state index in [-0.39, 0.29) is 25.4 Å². The Balaban J connectivity index is 4.06. The number of phosphoric ester groups is 1. The summed E-state index contributed by atoms with van der Waals surface area (Å²) in [6.45, 7) is 3.85. The molecule has 0 aliphatic heterocycles.